The van der Waals surface area contributed by atoms with E-state index in [9.17, 15) is 0 Å². The molecule has 0 fully saturated rings. The van der Waals surface area contributed by atoms with Crippen LogP contribution in [-0.2, 0) is 6.42 Å². The molecule has 0 spiro atoms. The van der Waals surface area contributed by atoms with Crippen LogP contribution >= 0.6 is 12.6 Å². The Bertz CT molecular complexity index is 283. The molecule has 0 saturated heterocycles. The molecule has 0 atom stereocenters. The molecule has 0 saturated carbocycles. The number of rotatable bonds is 3. The summed E-state index contributed by atoms with van der Waals surface area (Å²) in [6.45, 7) is 0. The summed E-state index contributed by atoms with van der Waals surface area (Å²) in [6.07, 6.45) is 7.46. The first-order valence-electron chi connectivity index (χ1n) is 4.03. The van der Waals surface area contributed by atoms with E-state index < -0.39 is 0 Å². The summed E-state index contributed by atoms with van der Waals surface area (Å²) in [5, 5.41) is 0. The molecule has 0 N–H and O–H groups in total. The molecule has 0 aliphatic heterocycles. The molecule has 0 unspecified atom stereocenters. The van der Waals surface area contributed by atoms with E-state index in [4.69, 9.17) is 6.42 Å². The predicted octanol–water partition coefficient (Wildman–Crippen LogP) is 2.53. The number of hydrogen-bond donors (Lipinski definition) is 1. The van der Waals surface area contributed by atoms with Crippen molar-refractivity contribution in [1.82, 2.24) is 0 Å². The van der Waals surface area contributed by atoms with Crippen LogP contribution in [0.25, 0.3) is 0 Å². The third-order valence-electron chi connectivity index (χ3n) is 1.72. The lowest BCUT2D eigenvalue weighted by molar-refractivity contribution is 0.936. The topological polar surface area (TPSA) is 0 Å². The van der Waals surface area contributed by atoms with Gasteiger partial charge in [0.1, 0.15) is 0 Å². The SMILES string of the molecule is C#Cc1cccc(CCCS)c1. The summed E-state index contributed by atoms with van der Waals surface area (Å²) >= 11 is 4.16. The fourth-order valence-electron chi connectivity index (χ4n) is 1.10. The second kappa shape index (κ2) is 4.90. The van der Waals surface area contributed by atoms with Crippen molar-refractivity contribution in [2.75, 3.05) is 5.75 Å². The van der Waals surface area contributed by atoms with E-state index >= 15 is 0 Å². The third kappa shape index (κ3) is 2.64. The molecule has 1 heteroatoms. The highest BCUT2D eigenvalue weighted by Crippen LogP contribution is 2.06. The first-order valence-corrected chi connectivity index (χ1v) is 4.66. The van der Waals surface area contributed by atoms with Crippen LogP contribution in [0.1, 0.15) is 17.5 Å². The lowest BCUT2D eigenvalue weighted by Crippen LogP contribution is -1.86. The Morgan fingerprint density at radius 1 is 1.42 bits per heavy atom. The summed E-state index contributed by atoms with van der Waals surface area (Å²) in [5.41, 5.74) is 2.27. The Balaban J connectivity index is 2.68. The number of aryl methyl sites for hydroxylation is 1. The normalized spacial score (nSPS) is 9.33. The quantitative estimate of drug-likeness (QED) is 0.531. The van der Waals surface area contributed by atoms with Crippen molar-refractivity contribution in [3.8, 4) is 12.3 Å². The van der Waals surface area contributed by atoms with Gasteiger partial charge in [0.2, 0.25) is 0 Å². The van der Waals surface area contributed by atoms with E-state index in [2.05, 4.69) is 30.7 Å². The van der Waals surface area contributed by atoms with Crippen molar-refractivity contribution in [3.05, 3.63) is 35.4 Å². The average Bonchev–Trinajstić information content (AvgIpc) is 2.15. The van der Waals surface area contributed by atoms with Crippen molar-refractivity contribution in [3.63, 3.8) is 0 Å². The van der Waals surface area contributed by atoms with Gasteiger partial charge in [-0.2, -0.15) is 12.6 Å². The molecule has 0 bridgehead atoms. The van der Waals surface area contributed by atoms with E-state index in [0.29, 0.717) is 0 Å². The lowest BCUT2D eigenvalue weighted by atomic mass is 10.1. The summed E-state index contributed by atoms with van der Waals surface area (Å²) in [7, 11) is 0. The largest absolute Gasteiger partial charge is 0.179 e. The zero-order valence-electron chi connectivity index (χ0n) is 6.96. The Hall–Kier alpha value is -0.870. The fourth-order valence-corrected chi connectivity index (χ4v) is 1.26. The molecule has 0 heterocycles. The monoisotopic (exact) mass is 176 g/mol. The molecule has 0 aliphatic rings. The summed E-state index contributed by atoms with van der Waals surface area (Å²) in [4.78, 5) is 0. The standard InChI is InChI=1S/C11H12S/c1-2-10-5-3-6-11(9-10)7-4-8-12/h1,3,5-6,9,12H,4,7-8H2. The molecule has 1 aromatic rings. The Labute approximate surface area is 79.4 Å². The van der Waals surface area contributed by atoms with Crippen molar-refractivity contribution in [2.24, 2.45) is 0 Å². The van der Waals surface area contributed by atoms with Gasteiger partial charge in [0.15, 0.2) is 0 Å². The van der Waals surface area contributed by atoms with Crippen molar-refractivity contribution >= 4 is 12.6 Å². The number of benzene rings is 1. The zero-order chi connectivity index (χ0) is 8.81. The van der Waals surface area contributed by atoms with Gasteiger partial charge in [0, 0.05) is 5.56 Å². The lowest BCUT2D eigenvalue weighted by Gasteiger charge is -1.99. The van der Waals surface area contributed by atoms with Gasteiger partial charge >= 0.3 is 0 Å². The van der Waals surface area contributed by atoms with Gasteiger partial charge in [0.25, 0.3) is 0 Å². The van der Waals surface area contributed by atoms with Crippen LogP contribution in [0.2, 0.25) is 0 Å². The molecular formula is C11H12S. The van der Waals surface area contributed by atoms with E-state index in [0.717, 1.165) is 24.2 Å². The maximum Gasteiger partial charge on any atom is 0.0245 e. The van der Waals surface area contributed by atoms with Crippen molar-refractivity contribution < 1.29 is 0 Å². The van der Waals surface area contributed by atoms with Gasteiger partial charge in [-0.1, -0.05) is 18.1 Å². The first-order chi connectivity index (χ1) is 5.86. The van der Waals surface area contributed by atoms with Crippen LogP contribution in [0.15, 0.2) is 24.3 Å². The number of hydrogen-bond acceptors (Lipinski definition) is 1. The highest BCUT2D eigenvalue weighted by Gasteiger charge is 1.92. The molecule has 0 aromatic heterocycles. The summed E-state index contributed by atoms with van der Waals surface area (Å²) in [5.74, 6) is 3.56. The predicted molar refractivity (Wildman–Crippen MR) is 56.6 cm³/mol. The van der Waals surface area contributed by atoms with Crippen LogP contribution in [0.4, 0.5) is 0 Å². The molecule has 1 rings (SSSR count). The Morgan fingerprint density at radius 3 is 2.92 bits per heavy atom. The van der Waals surface area contributed by atoms with Crippen LogP contribution in [0, 0.1) is 12.3 Å². The molecule has 12 heavy (non-hydrogen) atoms. The van der Waals surface area contributed by atoms with Gasteiger partial charge in [-0.15, -0.1) is 6.42 Å². The van der Waals surface area contributed by atoms with E-state index in [1.54, 1.807) is 0 Å². The molecule has 0 nitrogen and oxygen atoms in total. The Kier molecular flexibility index (Phi) is 3.76. The minimum atomic E-state index is 0.931. The van der Waals surface area contributed by atoms with Crippen molar-refractivity contribution in [1.29, 1.82) is 0 Å². The maximum atomic E-state index is 5.28. The number of thiol groups is 1. The first kappa shape index (κ1) is 9.22. The van der Waals surface area contributed by atoms with Crippen molar-refractivity contribution in [2.45, 2.75) is 12.8 Å². The molecule has 0 amide bonds. The van der Waals surface area contributed by atoms with Gasteiger partial charge in [-0.25, -0.2) is 0 Å². The van der Waals surface area contributed by atoms with E-state index in [1.165, 1.54) is 5.56 Å². The van der Waals surface area contributed by atoms with Crippen LogP contribution in [0.5, 0.6) is 0 Å². The molecular weight excluding hydrogens is 164 g/mol. The highest BCUT2D eigenvalue weighted by molar-refractivity contribution is 7.80. The second-order valence-corrected chi connectivity index (χ2v) is 3.12. The van der Waals surface area contributed by atoms with Gasteiger partial charge in [-0.3, -0.25) is 0 Å². The van der Waals surface area contributed by atoms with Crippen LogP contribution in [0.3, 0.4) is 0 Å². The molecule has 62 valence electrons. The highest BCUT2D eigenvalue weighted by atomic mass is 32.1. The summed E-state index contributed by atoms with van der Waals surface area (Å²) < 4.78 is 0. The van der Waals surface area contributed by atoms with E-state index in [1.807, 2.05) is 12.1 Å². The minimum absolute atomic E-state index is 0.931. The molecule has 1 aromatic carbocycles. The van der Waals surface area contributed by atoms with Crippen LogP contribution < -0.4 is 0 Å². The fraction of sp³-hybridized carbons (Fsp3) is 0.273. The van der Waals surface area contributed by atoms with Gasteiger partial charge < -0.3 is 0 Å². The second-order valence-electron chi connectivity index (χ2n) is 2.67. The zero-order valence-corrected chi connectivity index (χ0v) is 7.85. The average molecular weight is 176 g/mol. The molecule has 0 aliphatic carbocycles. The molecule has 0 radical (unpaired) electrons. The van der Waals surface area contributed by atoms with E-state index in [-0.39, 0.29) is 0 Å². The maximum absolute atomic E-state index is 5.28. The summed E-state index contributed by atoms with van der Waals surface area (Å²) in [6, 6.07) is 8.11. The third-order valence-corrected chi connectivity index (χ3v) is 2.03. The Morgan fingerprint density at radius 2 is 2.25 bits per heavy atom. The van der Waals surface area contributed by atoms with Gasteiger partial charge in [0.05, 0.1) is 0 Å². The number of terminal acetylenes is 1. The minimum Gasteiger partial charge on any atom is -0.179 e. The van der Waals surface area contributed by atoms with Gasteiger partial charge in [-0.05, 0) is 36.3 Å². The smallest absolute Gasteiger partial charge is 0.0245 e. The van der Waals surface area contributed by atoms with Crippen LogP contribution in [-0.4, -0.2) is 5.75 Å².